The zero-order valence-corrected chi connectivity index (χ0v) is 11.0. The molecular weight excluding hydrogens is 285 g/mol. The number of hydrogen-bond acceptors (Lipinski definition) is 3. The van der Waals surface area contributed by atoms with Gasteiger partial charge in [0.15, 0.2) is 29.0 Å². The quantitative estimate of drug-likeness (QED) is 0.792. The van der Waals surface area contributed by atoms with Crippen LogP contribution in [0.2, 0.25) is 0 Å². The van der Waals surface area contributed by atoms with Crippen molar-refractivity contribution in [2.75, 3.05) is 7.11 Å². The highest BCUT2D eigenvalue weighted by Crippen LogP contribution is 2.26. The molecule has 0 spiro atoms. The molecule has 0 bridgehead atoms. The van der Waals surface area contributed by atoms with E-state index in [1.54, 1.807) is 0 Å². The van der Waals surface area contributed by atoms with E-state index in [4.69, 9.17) is 9.47 Å². The van der Waals surface area contributed by atoms with E-state index in [1.807, 2.05) is 0 Å². The molecule has 0 heterocycles. The molecule has 0 aliphatic rings. The largest absolute Gasteiger partial charge is 0.494 e. The van der Waals surface area contributed by atoms with Crippen molar-refractivity contribution in [3.8, 4) is 11.5 Å². The van der Waals surface area contributed by atoms with E-state index in [-0.39, 0.29) is 23.5 Å². The summed E-state index contributed by atoms with van der Waals surface area (Å²) in [7, 11) is 1.31. The first-order valence-corrected chi connectivity index (χ1v) is 5.95. The van der Waals surface area contributed by atoms with E-state index in [9.17, 15) is 18.0 Å². The van der Waals surface area contributed by atoms with Gasteiger partial charge in [-0.25, -0.2) is 13.2 Å². The molecule has 0 saturated heterocycles. The van der Waals surface area contributed by atoms with E-state index in [2.05, 4.69) is 0 Å². The zero-order valence-electron chi connectivity index (χ0n) is 11.0. The van der Waals surface area contributed by atoms with E-state index in [0.29, 0.717) is 6.29 Å². The van der Waals surface area contributed by atoms with Gasteiger partial charge < -0.3 is 9.47 Å². The van der Waals surface area contributed by atoms with Gasteiger partial charge in [0.25, 0.3) is 0 Å². The van der Waals surface area contributed by atoms with Crippen LogP contribution in [0, 0.1) is 17.5 Å². The third-order valence-corrected chi connectivity index (χ3v) is 2.79. The number of halogens is 3. The fourth-order valence-electron chi connectivity index (χ4n) is 1.76. The predicted molar refractivity (Wildman–Crippen MR) is 69.0 cm³/mol. The van der Waals surface area contributed by atoms with Crippen LogP contribution in [0.1, 0.15) is 15.9 Å². The maximum Gasteiger partial charge on any atom is 0.191 e. The second kappa shape index (κ2) is 6.30. The van der Waals surface area contributed by atoms with Gasteiger partial charge in [-0.2, -0.15) is 0 Å². The molecule has 0 aliphatic carbocycles. The lowest BCUT2D eigenvalue weighted by atomic mass is 10.2. The number of methoxy groups -OCH3 is 1. The first-order valence-electron chi connectivity index (χ1n) is 5.95. The van der Waals surface area contributed by atoms with Crippen molar-refractivity contribution in [1.82, 2.24) is 0 Å². The summed E-state index contributed by atoms with van der Waals surface area (Å²) >= 11 is 0. The average molecular weight is 296 g/mol. The molecule has 2 aromatic carbocycles. The third kappa shape index (κ3) is 3.16. The minimum atomic E-state index is -1.03. The Kier molecular flexibility index (Phi) is 4.47. The van der Waals surface area contributed by atoms with Gasteiger partial charge >= 0.3 is 0 Å². The van der Waals surface area contributed by atoms with Crippen LogP contribution < -0.4 is 9.47 Å². The lowest BCUT2D eigenvalue weighted by Gasteiger charge is -2.11. The Hall–Kier alpha value is -2.50. The van der Waals surface area contributed by atoms with Crippen LogP contribution in [0.5, 0.6) is 11.5 Å². The summed E-state index contributed by atoms with van der Waals surface area (Å²) in [5.74, 6) is -3.37. The molecule has 0 fully saturated rings. The lowest BCUT2D eigenvalue weighted by Crippen LogP contribution is -2.03. The van der Waals surface area contributed by atoms with E-state index in [0.717, 1.165) is 12.1 Å². The summed E-state index contributed by atoms with van der Waals surface area (Å²) in [6, 6.07) is 6.04. The van der Waals surface area contributed by atoms with Crippen LogP contribution in [-0.2, 0) is 6.61 Å². The van der Waals surface area contributed by atoms with Crippen molar-refractivity contribution in [3.05, 3.63) is 58.9 Å². The number of carbonyl (C=O) groups excluding carboxylic acids is 1. The number of ether oxygens (including phenoxy) is 2. The van der Waals surface area contributed by atoms with Crippen LogP contribution in [0.3, 0.4) is 0 Å². The highest BCUT2D eigenvalue weighted by Gasteiger charge is 2.15. The SMILES string of the molecule is COc1cccc(COc2c(F)cc(C=O)cc2F)c1F. The van der Waals surface area contributed by atoms with E-state index >= 15 is 0 Å². The van der Waals surface area contributed by atoms with Gasteiger partial charge in [-0.15, -0.1) is 0 Å². The minimum absolute atomic E-state index is 0.00773. The van der Waals surface area contributed by atoms with Crippen LogP contribution >= 0.6 is 0 Å². The van der Waals surface area contributed by atoms with Gasteiger partial charge in [0.2, 0.25) is 0 Å². The van der Waals surface area contributed by atoms with Gasteiger partial charge in [0, 0.05) is 11.1 Å². The molecule has 0 aliphatic heterocycles. The van der Waals surface area contributed by atoms with Crippen LogP contribution in [0.25, 0.3) is 0 Å². The molecule has 2 aromatic rings. The summed E-state index contributed by atoms with van der Waals surface area (Å²) in [6.07, 6.45) is 0.317. The number of aldehydes is 1. The summed E-state index contributed by atoms with van der Waals surface area (Å²) in [5.41, 5.74) is -0.0578. The second-order valence-electron chi connectivity index (χ2n) is 4.15. The van der Waals surface area contributed by atoms with Crippen molar-refractivity contribution in [2.24, 2.45) is 0 Å². The van der Waals surface area contributed by atoms with Crippen molar-refractivity contribution < 1.29 is 27.4 Å². The van der Waals surface area contributed by atoms with Crippen LogP contribution in [0.15, 0.2) is 30.3 Å². The van der Waals surface area contributed by atoms with Crippen molar-refractivity contribution in [3.63, 3.8) is 0 Å². The summed E-state index contributed by atoms with van der Waals surface area (Å²) in [4.78, 5) is 10.5. The third-order valence-electron chi connectivity index (χ3n) is 2.79. The van der Waals surface area contributed by atoms with Gasteiger partial charge in [-0.3, -0.25) is 4.79 Å². The molecule has 110 valence electrons. The van der Waals surface area contributed by atoms with Crippen LogP contribution in [-0.4, -0.2) is 13.4 Å². The number of hydrogen-bond donors (Lipinski definition) is 0. The lowest BCUT2D eigenvalue weighted by molar-refractivity contribution is 0.112. The minimum Gasteiger partial charge on any atom is -0.494 e. The average Bonchev–Trinajstić information content (AvgIpc) is 2.47. The standard InChI is InChI=1S/C15H11F3O3/c1-20-13-4-2-3-10(14(13)18)8-21-15-11(16)5-9(7-19)6-12(15)17/h2-7H,8H2,1H3. The molecule has 0 atom stereocenters. The summed E-state index contributed by atoms with van der Waals surface area (Å²) < 4.78 is 50.8. The van der Waals surface area contributed by atoms with Crippen molar-refractivity contribution in [1.29, 1.82) is 0 Å². The Morgan fingerprint density at radius 2 is 1.81 bits per heavy atom. The number of benzene rings is 2. The molecule has 6 heteroatoms. The molecule has 2 rings (SSSR count). The molecule has 0 N–H and O–H groups in total. The molecule has 0 amide bonds. The first-order chi connectivity index (χ1) is 10.1. The maximum absolute atomic E-state index is 13.9. The number of carbonyl (C=O) groups is 1. The van der Waals surface area contributed by atoms with E-state index < -0.39 is 23.2 Å². The normalized spacial score (nSPS) is 10.3. The molecule has 3 nitrogen and oxygen atoms in total. The second-order valence-corrected chi connectivity index (χ2v) is 4.15. The summed E-state index contributed by atoms with van der Waals surface area (Å²) in [5, 5.41) is 0. The molecule has 21 heavy (non-hydrogen) atoms. The van der Waals surface area contributed by atoms with E-state index in [1.165, 1.54) is 25.3 Å². The Labute approximate surface area is 118 Å². The molecule has 0 saturated carbocycles. The van der Waals surface area contributed by atoms with Crippen molar-refractivity contribution in [2.45, 2.75) is 6.61 Å². The predicted octanol–water partition coefficient (Wildman–Crippen LogP) is 3.50. The van der Waals surface area contributed by atoms with Gasteiger partial charge in [-0.05, 0) is 18.2 Å². The fourth-order valence-corrected chi connectivity index (χ4v) is 1.76. The van der Waals surface area contributed by atoms with Gasteiger partial charge in [-0.1, -0.05) is 12.1 Å². The van der Waals surface area contributed by atoms with Gasteiger partial charge in [0.05, 0.1) is 7.11 Å². The topological polar surface area (TPSA) is 35.5 Å². The molecular formula is C15H11F3O3. The molecule has 0 unspecified atom stereocenters. The Bertz CT molecular complexity index is 648. The fraction of sp³-hybridized carbons (Fsp3) is 0.133. The highest BCUT2D eigenvalue weighted by molar-refractivity contribution is 5.75. The highest BCUT2D eigenvalue weighted by atomic mass is 19.1. The number of rotatable bonds is 5. The van der Waals surface area contributed by atoms with Crippen molar-refractivity contribution >= 4 is 6.29 Å². The Morgan fingerprint density at radius 3 is 2.38 bits per heavy atom. The zero-order chi connectivity index (χ0) is 15.4. The molecule has 0 radical (unpaired) electrons. The maximum atomic E-state index is 13.9. The van der Waals surface area contributed by atoms with Crippen LogP contribution in [0.4, 0.5) is 13.2 Å². The van der Waals surface area contributed by atoms with Gasteiger partial charge in [0.1, 0.15) is 12.9 Å². The Morgan fingerprint density at radius 1 is 1.14 bits per heavy atom. The smallest absolute Gasteiger partial charge is 0.191 e. The monoisotopic (exact) mass is 296 g/mol. The first kappa shape index (κ1) is 14.9. The molecule has 0 aromatic heterocycles. The summed E-state index contributed by atoms with van der Waals surface area (Å²) in [6.45, 7) is -0.378. The Balaban J connectivity index is 2.23.